The monoisotopic (exact) mass is 744 g/mol. The van der Waals surface area contributed by atoms with Gasteiger partial charge in [0.25, 0.3) is 0 Å². The smallest absolute Gasteiger partial charge is 0.345 e. The highest BCUT2D eigenvalue weighted by Crippen LogP contribution is 2.64. The van der Waals surface area contributed by atoms with E-state index in [1.165, 1.54) is 17.9 Å². The minimum atomic E-state index is -4.72. The Morgan fingerprint density at radius 2 is 1.67 bits per heavy atom. The Hall–Kier alpha value is -5.21. The van der Waals surface area contributed by atoms with Crippen LogP contribution < -0.4 is 5.32 Å². The molecule has 2 aliphatic heterocycles. The average Bonchev–Trinajstić information content (AvgIpc) is 3.38. The van der Waals surface area contributed by atoms with Crippen molar-refractivity contribution in [2.75, 3.05) is 18.9 Å². The molecule has 2 fully saturated rings. The molecule has 284 valence electrons. The summed E-state index contributed by atoms with van der Waals surface area (Å²) in [6.07, 6.45) is 3.12. The highest BCUT2D eigenvalue weighted by atomic mass is 19.4. The van der Waals surface area contributed by atoms with Gasteiger partial charge in [0.2, 0.25) is 17.7 Å². The van der Waals surface area contributed by atoms with Gasteiger partial charge in [-0.15, -0.1) is 0 Å². The molecule has 5 heterocycles. The van der Waals surface area contributed by atoms with Crippen molar-refractivity contribution < 1.29 is 32.3 Å². The zero-order valence-corrected chi connectivity index (χ0v) is 31.0. The predicted molar refractivity (Wildman–Crippen MR) is 193 cm³/mol. The summed E-state index contributed by atoms with van der Waals surface area (Å²) in [5.74, 6) is -1.08. The van der Waals surface area contributed by atoms with E-state index in [4.69, 9.17) is 5.10 Å². The van der Waals surface area contributed by atoms with Crippen LogP contribution in [0.3, 0.4) is 0 Å². The van der Waals surface area contributed by atoms with E-state index in [2.05, 4.69) is 20.3 Å². The zero-order valence-electron chi connectivity index (χ0n) is 31.0. The summed E-state index contributed by atoms with van der Waals surface area (Å²) >= 11 is 0. The van der Waals surface area contributed by atoms with Crippen molar-refractivity contribution in [1.82, 2.24) is 34.5 Å². The molecule has 1 saturated heterocycles. The number of amides is 3. The Labute approximate surface area is 310 Å². The molecule has 2 bridgehead atoms. The summed E-state index contributed by atoms with van der Waals surface area (Å²) < 4.78 is 42.3. The molecule has 3 aromatic heterocycles. The summed E-state index contributed by atoms with van der Waals surface area (Å²) in [6, 6.07) is 4.50. The van der Waals surface area contributed by atoms with E-state index in [9.17, 15) is 32.3 Å². The van der Waals surface area contributed by atoms with Crippen LogP contribution in [0.4, 0.5) is 19.0 Å². The molecule has 1 aliphatic carbocycles. The number of hydrogen-bond donors (Lipinski definition) is 1. The van der Waals surface area contributed by atoms with Crippen molar-refractivity contribution >= 4 is 40.2 Å². The lowest BCUT2D eigenvalue weighted by atomic mass is 9.94. The minimum Gasteiger partial charge on any atom is -0.345 e. The van der Waals surface area contributed by atoms with Crippen molar-refractivity contribution in [1.29, 1.82) is 0 Å². The highest BCUT2D eigenvalue weighted by molar-refractivity contribution is 6.07. The largest absolute Gasteiger partial charge is 0.433 e. The van der Waals surface area contributed by atoms with Crippen LogP contribution in [0.25, 0.3) is 22.0 Å². The molecule has 1 aromatic carbocycles. The maximum atomic E-state index is 14.7. The van der Waals surface area contributed by atoms with E-state index < -0.39 is 41.2 Å². The first-order chi connectivity index (χ1) is 25.6. The van der Waals surface area contributed by atoms with Crippen molar-refractivity contribution in [3.8, 4) is 11.1 Å². The summed E-state index contributed by atoms with van der Waals surface area (Å²) in [4.78, 5) is 70.7. The number of Topliss-reactive ketones (excluding diaryl/α,β-unsaturated/α-hetero) is 1. The van der Waals surface area contributed by atoms with E-state index in [1.807, 2.05) is 19.1 Å². The molecule has 15 heteroatoms. The number of anilines is 1. The lowest BCUT2D eigenvalue weighted by molar-refractivity contribution is -0.141. The number of aromatic nitrogens is 5. The van der Waals surface area contributed by atoms with Gasteiger partial charge in [-0.05, 0) is 80.3 Å². The zero-order chi connectivity index (χ0) is 38.7. The first kappa shape index (κ1) is 37.1. The number of carbonyl (C=O) groups is 4. The van der Waals surface area contributed by atoms with E-state index in [0.717, 1.165) is 42.0 Å². The second-order valence-corrected chi connectivity index (χ2v) is 15.1. The Morgan fingerprint density at radius 1 is 0.963 bits per heavy atom. The number of ketones is 1. The molecule has 1 saturated carbocycles. The molecule has 0 radical (unpaired) electrons. The summed E-state index contributed by atoms with van der Waals surface area (Å²) in [5.41, 5.74) is 1.88. The molecule has 1 N–H and O–H groups in total. The molecule has 4 atom stereocenters. The summed E-state index contributed by atoms with van der Waals surface area (Å²) in [6.45, 7) is 6.78. The van der Waals surface area contributed by atoms with Gasteiger partial charge in [0.1, 0.15) is 35.6 Å². The number of nitrogens with zero attached hydrogens (tertiary/aromatic N) is 7. The molecule has 3 amide bonds. The second kappa shape index (κ2) is 13.9. The normalized spacial score (nSPS) is 23.7. The SMILES string of the molecule is CC(=O)c1nn2c3c(cc(-c4cnc(C)nc4)cc13)CCCCCCC(=O)N(C)C[C@@]13C[C@@H](C(=O)Nc4nc(C(F)(F)F)ccc4C)N(C(=O)C2)C1C3C. The van der Waals surface area contributed by atoms with E-state index in [1.54, 1.807) is 42.9 Å². The van der Waals surface area contributed by atoms with Crippen molar-refractivity contribution in [3.05, 3.63) is 65.0 Å². The Balaban J connectivity index is 1.31. The molecule has 12 nitrogen and oxygen atoms in total. The number of piperidine rings is 1. The van der Waals surface area contributed by atoms with Gasteiger partial charge in [-0.2, -0.15) is 18.3 Å². The third-order valence-electron chi connectivity index (χ3n) is 11.5. The van der Waals surface area contributed by atoms with Crippen LogP contribution in [0.5, 0.6) is 0 Å². The Bertz CT molecular complexity index is 2170. The molecular formula is C39H43F3N8O4. The van der Waals surface area contributed by atoms with Crippen LogP contribution in [0, 0.1) is 25.2 Å². The van der Waals surface area contributed by atoms with Gasteiger partial charge in [0.05, 0.1) is 5.52 Å². The van der Waals surface area contributed by atoms with Crippen LogP contribution in [-0.4, -0.2) is 83.7 Å². The molecular weight excluding hydrogens is 701 g/mol. The summed E-state index contributed by atoms with van der Waals surface area (Å²) in [5, 5.41) is 7.87. The van der Waals surface area contributed by atoms with Crippen LogP contribution in [0.15, 0.2) is 36.7 Å². The third kappa shape index (κ3) is 6.72. The van der Waals surface area contributed by atoms with Gasteiger partial charge < -0.3 is 15.1 Å². The number of alkyl halides is 3. The van der Waals surface area contributed by atoms with Crippen LogP contribution in [-0.2, 0) is 33.5 Å². The van der Waals surface area contributed by atoms with Gasteiger partial charge in [-0.25, -0.2) is 15.0 Å². The number of benzene rings is 1. The maximum absolute atomic E-state index is 14.7. The van der Waals surface area contributed by atoms with Crippen LogP contribution >= 0.6 is 0 Å². The highest BCUT2D eigenvalue weighted by Gasteiger charge is 2.73. The van der Waals surface area contributed by atoms with E-state index >= 15 is 0 Å². The lowest BCUT2D eigenvalue weighted by Gasteiger charge is -2.29. The number of carbonyl (C=O) groups excluding carboxylic acids is 4. The van der Waals surface area contributed by atoms with Crippen LogP contribution in [0.1, 0.15) is 85.5 Å². The van der Waals surface area contributed by atoms with Gasteiger partial charge in [-0.3, -0.25) is 23.9 Å². The molecule has 54 heavy (non-hydrogen) atoms. The van der Waals surface area contributed by atoms with Gasteiger partial charge in [0, 0.05) is 61.7 Å². The van der Waals surface area contributed by atoms with Crippen molar-refractivity contribution in [3.63, 3.8) is 0 Å². The van der Waals surface area contributed by atoms with E-state index in [0.29, 0.717) is 48.1 Å². The number of rotatable bonds is 4. The molecule has 0 spiro atoms. The van der Waals surface area contributed by atoms with Crippen molar-refractivity contribution in [2.24, 2.45) is 11.3 Å². The quantitative estimate of drug-likeness (QED) is 0.253. The molecule has 3 aliphatic rings. The third-order valence-corrected chi connectivity index (χ3v) is 11.5. The lowest BCUT2D eigenvalue weighted by Crippen LogP contribution is -2.47. The second-order valence-electron chi connectivity index (χ2n) is 15.1. The fourth-order valence-corrected chi connectivity index (χ4v) is 8.57. The van der Waals surface area contributed by atoms with Crippen molar-refractivity contribution in [2.45, 2.75) is 97.4 Å². The number of halogens is 3. The Morgan fingerprint density at radius 3 is 2.35 bits per heavy atom. The first-order valence-corrected chi connectivity index (χ1v) is 18.3. The molecule has 4 aromatic rings. The van der Waals surface area contributed by atoms with Gasteiger partial charge >= 0.3 is 6.18 Å². The first-order valence-electron chi connectivity index (χ1n) is 18.3. The molecule has 7 rings (SSSR count). The standard InChI is InChI=1S/C39H43F3N8O4/c1-21-12-13-30(39(40,41)42)45-36(21)46-37(54)29-16-38-20-48(5)31(52)11-9-7-6-8-10-25-14-26(27-17-43-24(4)44-18-27)15-28-33(23(3)51)47-49(34(25)28)19-32(53)50(29)35(38)22(38)2/h12-15,17-18,22,29,35H,6-11,16,19-20H2,1-5H3,(H,45,46,54)/t22?,29-,35?,38+/m0/s1. The number of nitrogens with one attached hydrogen (secondary N) is 1. The fraction of sp³-hybridized carbons (Fsp3) is 0.487. The minimum absolute atomic E-state index is 0.0206. The van der Waals surface area contributed by atoms with E-state index in [-0.39, 0.29) is 42.1 Å². The maximum Gasteiger partial charge on any atom is 0.433 e. The average molecular weight is 745 g/mol. The summed E-state index contributed by atoms with van der Waals surface area (Å²) in [7, 11) is 1.74. The van der Waals surface area contributed by atoms with Crippen LogP contribution in [0.2, 0.25) is 0 Å². The number of pyridine rings is 1. The Kier molecular flexibility index (Phi) is 9.55. The topological polar surface area (TPSA) is 143 Å². The fourth-order valence-electron chi connectivity index (χ4n) is 8.57. The van der Waals surface area contributed by atoms with Gasteiger partial charge in [-0.1, -0.05) is 25.8 Å². The molecule has 2 unspecified atom stereocenters. The van der Waals surface area contributed by atoms with Gasteiger partial charge in [0.15, 0.2) is 5.78 Å². The predicted octanol–water partition coefficient (Wildman–Crippen LogP) is 5.94. The number of aryl methyl sites for hydroxylation is 3. The number of hydrogen-bond acceptors (Lipinski definition) is 8.